The summed E-state index contributed by atoms with van der Waals surface area (Å²) in [5.74, 6) is 0.613. The van der Waals surface area contributed by atoms with Crippen LogP contribution in [-0.4, -0.2) is 66.8 Å². The Balaban J connectivity index is 1.91. The number of nitrogens with zero attached hydrogens (tertiary/aromatic N) is 4. The van der Waals surface area contributed by atoms with E-state index in [-0.39, 0.29) is 0 Å². The van der Waals surface area contributed by atoms with Gasteiger partial charge in [-0.05, 0) is 45.4 Å². The molecule has 0 aromatic carbocycles. The number of fused-ring (bicyclic) bond motifs is 1. The van der Waals surface area contributed by atoms with Gasteiger partial charge in [0, 0.05) is 44.4 Å². The average molecular weight is 371 g/mol. The van der Waals surface area contributed by atoms with Crippen LogP contribution in [0.4, 0.5) is 0 Å². The first-order valence-electron chi connectivity index (χ1n) is 10.4. The normalized spacial score (nSPS) is 28.1. The Morgan fingerprint density at radius 1 is 1.26 bits per heavy atom. The van der Waals surface area contributed by atoms with E-state index in [1.165, 1.54) is 42.8 Å². The number of piperazine rings is 1. The van der Waals surface area contributed by atoms with Gasteiger partial charge in [0.05, 0.1) is 24.9 Å². The van der Waals surface area contributed by atoms with Crippen LogP contribution in [0.3, 0.4) is 0 Å². The number of allylic oxidation sites excluding steroid dienone is 6. The number of likely N-dealkylation sites (N-methyl/N-ethyl adjacent to an activating group) is 1. The summed E-state index contributed by atoms with van der Waals surface area (Å²) < 4.78 is 0.938. The van der Waals surface area contributed by atoms with E-state index in [9.17, 15) is 0 Å². The van der Waals surface area contributed by atoms with Gasteiger partial charge in [-0.1, -0.05) is 6.92 Å². The lowest BCUT2D eigenvalue weighted by atomic mass is 10.1. The van der Waals surface area contributed by atoms with Gasteiger partial charge in [-0.2, -0.15) is 0 Å². The van der Waals surface area contributed by atoms with E-state index in [4.69, 9.17) is 10.7 Å². The zero-order valence-electron chi connectivity index (χ0n) is 17.5. The summed E-state index contributed by atoms with van der Waals surface area (Å²) in [6, 6.07) is 0. The van der Waals surface area contributed by atoms with Crippen LogP contribution >= 0.6 is 0 Å². The Kier molecular flexibility index (Phi) is 6.22. The van der Waals surface area contributed by atoms with Gasteiger partial charge in [0.25, 0.3) is 0 Å². The molecular weight excluding hydrogens is 334 g/mol. The molecule has 0 spiro atoms. The molecule has 1 unspecified atom stereocenters. The van der Waals surface area contributed by atoms with Crippen LogP contribution in [0.2, 0.25) is 0 Å². The molecule has 0 saturated carbocycles. The van der Waals surface area contributed by atoms with E-state index in [2.05, 4.69) is 56.1 Å². The Morgan fingerprint density at radius 2 is 2.00 bits per heavy atom. The predicted molar refractivity (Wildman–Crippen MR) is 114 cm³/mol. The Hall–Kier alpha value is -1.85. The van der Waals surface area contributed by atoms with Crippen LogP contribution in [0, 0.1) is 0 Å². The molecule has 0 aromatic rings. The van der Waals surface area contributed by atoms with Gasteiger partial charge in [0.15, 0.2) is 0 Å². The van der Waals surface area contributed by atoms with Crippen molar-refractivity contribution in [1.82, 2.24) is 9.80 Å². The summed E-state index contributed by atoms with van der Waals surface area (Å²) in [7, 11) is 4.51. The maximum atomic E-state index is 6.18. The second kappa shape index (κ2) is 8.44. The number of rotatable bonds is 5. The van der Waals surface area contributed by atoms with Crippen molar-refractivity contribution in [2.45, 2.75) is 39.5 Å². The molecule has 27 heavy (non-hydrogen) atoms. The van der Waals surface area contributed by atoms with Crippen molar-refractivity contribution in [1.29, 1.82) is 0 Å². The summed E-state index contributed by atoms with van der Waals surface area (Å²) >= 11 is 0. The first-order valence-corrected chi connectivity index (χ1v) is 10.4. The summed E-state index contributed by atoms with van der Waals surface area (Å²) in [5, 5.41) is 0. The fourth-order valence-electron chi connectivity index (χ4n) is 4.20. The number of piperidine rings is 1. The lowest BCUT2D eigenvalue weighted by Crippen LogP contribution is -2.43. The molecule has 5 nitrogen and oxygen atoms in total. The summed E-state index contributed by atoms with van der Waals surface area (Å²) in [5.41, 5.74) is 11.2. The van der Waals surface area contributed by atoms with Crippen molar-refractivity contribution >= 4 is 5.71 Å². The largest absolute Gasteiger partial charge is 0.384 e. The van der Waals surface area contributed by atoms with E-state index in [1.54, 1.807) is 0 Å². The highest BCUT2D eigenvalue weighted by atomic mass is 15.3. The molecular formula is C22H36N5+. The van der Waals surface area contributed by atoms with E-state index >= 15 is 0 Å². The van der Waals surface area contributed by atoms with Gasteiger partial charge < -0.3 is 15.5 Å². The van der Waals surface area contributed by atoms with Crippen molar-refractivity contribution in [3.63, 3.8) is 0 Å². The quantitative estimate of drug-likeness (QED) is 0.597. The number of hydrogen-bond acceptors (Lipinski definition) is 4. The fourth-order valence-corrected chi connectivity index (χ4v) is 4.20. The molecule has 1 atom stereocenters. The molecule has 3 aliphatic heterocycles. The molecule has 3 heterocycles. The van der Waals surface area contributed by atoms with Crippen LogP contribution < -0.4 is 5.73 Å². The monoisotopic (exact) mass is 370 g/mol. The zero-order chi connectivity index (χ0) is 19.4. The van der Waals surface area contributed by atoms with Crippen LogP contribution in [0.15, 0.2) is 52.2 Å². The van der Waals surface area contributed by atoms with Crippen LogP contribution in [-0.2, 0) is 0 Å². The molecule has 3 rings (SSSR count). The fraction of sp³-hybridized carbons (Fsp3) is 0.591. The first kappa shape index (κ1) is 19.9. The van der Waals surface area contributed by atoms with Crippen molar-refractivity contribution < 1.29 is 4.48 Å². The third kappa shape index (κ3) is 4.71. The lowest BCUT2D eigenvalue weighted by Gasteiger charge is -2.34. The molecule has 0 aliphatic carbocycles. The summed E-state index contributed by atoms with van der Waals surface area (Å²) in [6.07, 6.45) is 13.6. The van der Waals surface area contributed by atoms with Crippen molar-refractivity contribution in [2.24, 2.45) is 10.7 Å². The molecule has 3 aliphatic rings. The van der Waals surface area contributed by atoms with Gasteiger partial charge in [0.1, 0.15) is 17.7 Å². The van der Waals surface area contributed by atoms with Gasteiger partial charge in [-0.3, -0.25) is 4.48 Å². The molecule has 0 bridgehead atoms. The van der Waals surface area contributed by atoms with Crippen molar-refractivity contribution in [3.8, 4) is 0 Å². The highest BCUT2D eigenvalue weighted by Gasteiger charge is 2.35. The first-order chi connectivity index (χ1) is 12.9. The SMILES string of the molecule is CCC=C(N)N=C(C=C(C)N1CCN(C)CC1)C1=C[N+]2(C)CCCCC2=C1. The topological polar surface area (TPSA) is 44.9 Å². The molecule has 0 amide bonds. The van der Waals surface area contributed by atoms with Crippen LogP contribution in [0.25, 0.3) is 0 Å². The minimum atomic E-state index is 0.613. The molecule has 5 heteroatoms. The maximum Gasteiger partial charge on any atom is 0.119 e. The highest BCUT2D eigenvalue weighted by Crippen LogP contribution is 2.35. The van der Waals surface area contributed by atoms with Crippen molar-refractivity contribution in [3.05, 3.63) is 47.2 Å². The zero-order valence-corrected chi connectivity index (χ0v) is 17.5. The van der Waals surface area contributed by atoms with E-state index in [0.717, 1.165) is 42.8 Å². The Bertz CT molecular complexity index is 704. The van der Waals surface area contributed by atoms with Crippen LogP contribution in [0.1, 0.15) is 39.5 Å². The molecule has 2 saturated heterocycles. The van der Waals surface area contributed by atoms with Crippen LogP contribution in [0.5, 0.6) is 0 Å². The van der Waals surface area contributed by atoms with Gasteiger partial charge in [-0.25, -0.2) is 4.99 Å². The molecule has 148 valence electrons. The van der Waals surface area contributed by atoms with Crippen molar-refractivity contribution in [2.75, 3.05) is 46.8 Å². The maximum absolute atomic E-state index is 6.18. The standard InChI is InChI=1S/C22H36N5/c1-5-8-22(23)24-21(15-18(2)26-12-10-25(3)11-13-26)19-16-20-9-6-7-14-27(20,4)17-19/h8,15-17H,5-7,9-14,23H2,1-4H3/q+1. The number of hydrogen-bond donors (Lipinski definition) is 1. The van der Waals surface area contributed by atoms with E-state index < -0.39 is 0 Å². The molecule has 2 N–H and O–H groups in total. The minimum Gasteiger partial charge on any atom is -0.384 e. The second-order valence-corrected chi connectivity index (χ2v) is 8.28. The van der Waals surface area contributed by atoms with Gasteiger partial charge in [-0.15, -0.1) is 0 Å². The number of quaternary nitrogens is 1. The molecule has 0 radical (unpaired) electrons. The Morgan fingerprint density at radius 3 is 2.67 bits per heavy atom. The third-order valence-corrected chi connectivity index (χ3v) is 6.01. The van der Waals surface area contributed by atoms with Gasteiger partial charge >= 0.3 is 0 Å². The molecule has 2 fully saturated rings. The smallest absolute Gasteiger partial charge is 0.119 e. The predicted octanol–water partition coefficient (Wildman–Crippen LogP) is 3.20. The average Bonchev–Trinajstić information content (AvgIpc) is 2.99. The highest BCUT2D eigenvalue weighted by molar-refractivity contribution is 6.11. The Labute approximate surface area is 164 Å². The second-order valence-electron chi connectivity index (χ2n) is 8.28. The van der Waals surface area contributed by atoms with E-state index in [1.807, 2.05) is 6.08 Å². The minimum absolute atomic E-state index is 0.613. The lowest BCUT2D eigenvalue weighted by molar-refractivity contribution is -0.824. The summed E-state index contributed by atoms with van der Waals surface area (Å²) in [4.78, 5) is 9.65. The summed E-state index contributed by atoms with van der Waals surface area (Å²) in [6.45, 7) is 9.84. The van der Waals surface area contributed by atoms with E-state index in [0.29, 0.717) is 5.82 Å². The van der Waals surface area contributed by atoms with Gasteiger partial charge in [0.2, 0.25) is 0 Å². The number of aliphatic imine (C=N–C) groups is 1. The molecule has 0 aromatic heterocycles. The third-order valence-electron chi connectivity index (χ3n) is 6.01. The number of nitrogens with two attached hydrogens (primary N) is 1.